The molecular formula is C18H19N5O2S. The fourth-order valence-corrected chi connectivity index (χ4v) is 3.13. The summed E-state index contributed by atoms with van der Waals surface area (Å²) < 4.78 is 1.53. The fourth-order valence-electron chi connectivity index (χ4n) is 2.32. The number of carbonyl (C=O) groups excluding carboxylic acids is 1. The van der Waals surface area contributed by atoms with Crippen LogP contribution in [0.25, 0.3) is 5.69 Å². The first-order chi connectivity index (χ1) is 12.4. The maximum Gasteiger partial charge on any atom is 0.237 e. The Kier molecular flexibility index (Phi) is 5.22. The molecule has 1 atom stereocenters. The number of rotatable bonds is 5. The van der Waals surface area contributed by atoms with Crippen molar-refractivity contribution in [3.63, 3.8) is 0 Å². The van der Waals surface area contributed by atoms with Gasteiger partial charge in [0.15, 0.2) is 0 Å². The summed E-state index contributed by atoms with van der Waals surface area (Å²) in [6, 6.07) is 12.5. The number of phenolic OH excluding ortho intramolecular Hbond substituents is 1. The molecule has 8 heteroatoms. The summed E-state index contributed by atoms with van der Waals surface area (Å²) in [6.45, 7) is 5.75. The molecule has 26 heavy (non-hydrogen) atoms. The van der Waals surface area contributed by atoms with Gasteiger partial charge in [-0.05, 0) is 72.7 Å². The number of aromatic nitrogens is 4. The number of anilines is 1. The molecule has 0 spiro atoms. The third-order valence-electron chi connectivity index (χ3n) is 3.84. The van der Waals surface area contributed by atoms with Crippen LogP contribution in [0.4, 0.5) is 5.69 Å². The van der Waals surface area contributed by atoms with Crippen LogP contribution in [0.1, 0.15) is 18.1 Å². The molecule has 2 aromatic carbocycles. The van der Waals surface area contributed by atoms with Gasteiger partial charge in [-0.3, -0.25) is 4.79 Å². The topological polar surface area (TPSA) is 92.9 Å². The van der Waals surface area contributed by atoms with E-state index in [1.807, 2.05) is 32.0 Å². The van der Waals surface area contributed by atoms with Crippen molar-refractivity contribution in [2.45, 2.75) is 31.2 Å². The van der Waals surface area contributed by atoms with Crippen LogP contribution in [-0.2, 0) is 4.79 Å². The van der Waals surface area contributed by atoms with Gasteiger partial charge in [0.1, 0.15) is 5.75 Å². The van der Waals surface area contributed by atoms with Crippen LogP contribution in [0.15, 0.2) is 47.6 Å². The lowest BCUT2D eigenvalue weighted by molar-refractivity contribution is -0.115. The minimum absolute atomic E-state index is 0.121. The maximum absolute atomic E-state index is 12.6. The van der Waals surface area contributed by atoms with Gasteiger partial charge < -0.3 is 10.4 Å². The van der Waals surface area contributed by atoms with Gasteiger partial charge in [-0.2, -0.15) is 4.68 Å². The Labute approximate surface area is 155 Å². The zero-order chi connectivity index (χ0) is 18.7. The zero-order valence-corrected chi connectivity index (χ0v) is 15.5. The quantitative estimate of drug-likeness (QED) is 0.671. The fraction of sp³-hybridized carbons (Fsp3) is 0.222. The first-order valence-corrected chi connectivity index (χ1v) is 8.94. The van der Waals surface area contributed by atoms with E-state index in [4.69, 9.17) is 0 Å². The number of aryl methyl sites for hydroxylation is 2. The zero-order valence-electron chi connectivity index (χ0n) is 14.7. The van der Waals surface area contributed by atoms with Crippen LogP contribution >= 0.6 is 11.8 Å². The summed E-state index contributed by atoms with van der Waals surface area (Å²) in [6.07, 6.45) is 0. The molecule has 1 amide bonds. The number of hydrogen-bond acceptors (Lipinski definition) is 6. The van der Waals surface area contributed by atoms with Gasteiger partial charge in [-0.25, -0.2) is 0 Å². The summed E-state index contributed by atoms with van der Waals surface area (Å²) >= 11 is 1.27. The molecule has 3 rings (SSSR count). The van der Waals surface area contributed by atoms with Crippen LogP contribution < -0.4 is 5.32 Å². The highest BCUT2D eigenvalue weighted by Gasteiger charge is 2.20. The van der Waals surface area contributed by atoms with Crippen molar-refractivity contribution in [1.29, 1.82) is 0 Å². The van der Waals surface area contributed by atoms with Crippen LogP contribution in [0.2, 0.25) is 0 Å². The SMILES string of the molecule is Cc1ccc(C)c(NC(=O)[C@@H](C)Sc2nnnn2-c2ccc(O)cc2)c1. The lowest BCUT2D eigenvalue weighted by Crippen LogP contribution is -2.23. The summed E-state index contributed by atoms with van der Waals surface area (Å²) in [7, 11) is 0. The van der Waals surface area contributed by atoms with E-state index in [0.717, 1.165) is 16.8 Å². The Bertz CT molecular complexity index is 924. The molecule has 1 aromatic heterocycles. The van der Waals surface area contributed by atoms with Crippen molar-refractivity contribution in [3.8, 4) is 11.4 Å². The number of tetrazole rings is 1. The normalized spacial score (nSPS) is 12.0. The molecule has 0 aliphatic rings. The van der Waals surface area contributed by atoms with Gasteiger partial charge in [0.25, 0.3) is 0 Å². The second-order valence-corrected chi connectivity index (χ2v) is 7.27. The Morgan fingerprint density at radius 2 is 1.92 bits per heavy atom. The average molecular weight is 369 g/mol. The molecular weight excluding hydrogens is 350 g/mol. The number of nitrogens with zero attached hydrogens (tertiary/aromatic N) is 4. The van der Waals surface area contributed by atoms with E-state index in [9.17, 15) is 9.90 Å². The molecule has 0 radical (unpaired) electrons. The minimum atomic E-state index is -0.392. The number of hydrogen-bond donors (Lipinski definition) is 2. The Hall–Kier alpha value is -2.87. The lowest BCUT2D eigenvalue weighted by Gasteiger charge is -2.13. The third kappa shape index (κ3) is 4.02. The molecule has 0 saturated heterocycles. The van der Waals surface area contributed by atoms with E-state index < -0.39 is 5.25 Å². The number of benzene rings is 2. The predicted molar refractivity (Wildman–Crippen MR) is 101 cm³/mol. The maximum atomic E-state index is 12.6. The molecule has 0 aliphatic carbocycles. The number of phenols is 1. The van der Waals surface area contributed by atoms with Gasteiger partial charge in [0.2, 0.25) is 11.1 Å². The van der Waals surface area contributed by atoms with E-state index in [2.05, 4.69) is 20.8 Å². The standard InChI is InChI=1S/C18H19N5O2S/c1-11-4-5-12(2)16(10-11)19-17(25)13(3)26-18-20-21-22-23(18)14-6-8-15(24)9-7-14/h4-10,13,24H,1-3H3,(H,19,25)/t13-/m1/s1. The summed E-state index contributed by atoms with van der Waals surface area (Å²) in [5, 5.41) is 24.1. The highest BCUT2D eigenvalue weighted by atomic mass is 32.2. The third-order valence-corrected chi connectivity index (χ3v) is 4.87. The highest BCUT2D eigenvalue weighted by Crippen LogP contribution is 2.25. The van der Waals surface area contributed by atoms with E-state index >= 15 is 0 Å². The van der Waals surface area contributed by atoms with Gasteiger partial charge in [0, 0.05) is 5.69 Å². The molecule has 2 N–H and O–H groups in total. The van der Waals surface area contributed by atoms with E-state index in [1.54, 1.807) is 31.2 Å². The number of nitrogens with one attached hydrogen (secondary N) is 1. The van der Waals surface area contributed by atoms with Crippen molar-refractivity contribution >= 4 is 23.4 Å². The molecule has 0 aliphatic heterocycles. The van der Waals surface area contributed by atoms with Crippen LogP contribution in [0.5, 0.6) is 5.75 Å². The minimum Gasteiger partial charge on any atom is -0.508 e. The van der Waals surface area contributed by atoms with E-state index in [1.165, 1.54) is 16.4 Å². The first kappa shape index (κ1) is 17.9. The van der Waals surface area contributed by atoms with Crippen LogP contribution in [-0.4, -0.2) is 36.5 Å². The van der Waals surface area contributed by atoms with E-state index in [0.29, 0.717) is 10.8 Å². The number of thioether (sulfide) groups is 1. The lowest BCUT2D eigenvalue weighted by atomic mass is 10.1. The molecule has 7 nitrogen and oxygen atoms in total. The number of amides is 1. The number of aromatic hydroxyl groups is 1. The smallest absolute Gasteiger partial charge is 0.237 e. The molecule has 3 aromatic rings. The van der Waals surface area contributed by atoms with Crippen molar-refractivity contribution < 1.29 is 9.90 Å². The van der Waals surface area contributed by atoms with Crippen LogP contribution in [0.3, 0.4) is 0 Å². The summed E-state index contributed by atoms with van der Waals surface area (Å²) in [5.41, 5.74) is 3.61. The summed E-state index contributed by atoms with van der Waals surface area (Å²) in [4.78, 5) is 12.6. The Morgan fingerprint density at radius 1 is 1.19 bits per heavy atom. The van der Waals surface area contributed by atoms with Crippen molar-refractivity contribution in [2.24, 2.45) is 0 Å². The van der Waals surface area contributed by atoms with Crippen molar-refractivity contribution in [2.75, 3.05) is 5.32 Å². The molecule has 0 saturated carbocycles. The molecule has 0 bridgehead atoms. The highest BCUT2D eigenvalue weighted by molar-refractivity contribution is 8.00. The monoisotopic (exact) mass is 369 g/mol. The van der Waals surface area contributed by atoms with Gasteiger partial charge in [0.05, 0.1) is 10.9 Å². The summed E-state index contributed by atoms with van der Waals surface area (Å²) in [5.74, 6) is 0.0428. The largest absolute Gasteiger partial charge is 0.508 e. The average Bonchev–Trinajstić information content (AvgIpc) is 3.07. The molecule has 134 valence electrons. The molecule has 0 unspecified atom stereocenters. The first-order valence-electron chi connectivity index (χ1n) is 8.06. The Balaban J connectivity index is 1.73. The predicted octanol–water partition coefficient (Wildman–Crippen LogP) is 3.10. The van der Waals surface area contributed by atoms with Crippen molar-refractivity contribution in [3.05, 3.63) is 53.6 Å². The number of carbonyl (C=O) groups is 1. The second-order valence-electron chi connectivity index (χ2n) is 5.96. The van der Waals surface area contributed by atoms with E-state index in [-0.39, 0.29) is 11.7 Å². The molecule has 0 fully saturated rings. The Morgan fingerprint density at radius 3 is 2.65 bits per heavy atom. The van der Waals surface area contributed by atoms with Gasteiger partial charge in [-0.1, -0.05) is 23.9 Å². The van der Waals surface area contributed by atoms with Crippen molar-refractivity contribution in [1.82, 2.24) is 20.2 Å². The second kappa shape index (κ2) is 7.57. The molecule has 1 heterocycles. The van der Waals surface area contributed by atoms with Crippen LogP contribution in [0, 0.1) is 13.8 Å². The van der Waals surface area contributed by atoms with Gasteiger partial charge in [-0.15, -0.1) is 5.10 Å². The van der Waals surface area contributed by atoms with Gasteiger partial charge >= 0.3 is 0 Å².